The molecule has 47 heavy (non-hydrogen) atoms. The molecule has 10 nitrogen and oxygen atoms in total. The summed E-state index contributed by atoms with van der Waals surface area (Å²) < 4.78 is 21.8. The molecule has 0 saturated carbocycles. The highest BCUT2D eigenvalue weighted by Gasteiger charge is 2.44. The first-order valence-corrected chi connectivity index (χ1v) is 16.7. The van der Waals surface area contributed by atoms with Crippen LogP contribution >= 0.6 is 0 Å². The first-order valence-electron chi connectivity index (χ1n) is 16.7. The molecule has 1 aliphatic heterocycles. The smallest absolute Gasteiger partial charge is 0.306 e. The molecular weight excluding hydrogens is 604 g/mol. The van der Waals surface area contributed by atoms with E-state index < -0.39 is 55.4 Å². The summed E-state index contributed by atoms with van der Waals surface area (Å²) in [7, 11) is 0. The Labute approximate surface area is 280 Å². The van der Waals surface area contributed by atoms with Crippen LogP contribution in [0.25, 0.3) is 0 Å². The van der Waals surface area contributed by atoms with Crippen LogP contribution in [0.2, 0.25) is 0 Å². The van der Waals surface area contributed by atoms with Crippen LogP contribution in [-0.4, -0.2) is 89.0 Å². The zero-order valence-corrected chi connectivity index (χ0v) is 28.0. The first kappa shape index (κ1) is 41.9. The highest BCUT2D eigenvalue weighted by Crippen LogP contribution is 2.22. The fourth-order valence-corrected chi connectivity index (χ4v) is 4.25. The van der Waals surface area contributed by atoms with Gasteiger partial charge in [0.25, 0.3) is 0 Å². The SMILES string of the molecule is CC/C=C/C=C/C=C/C=C/C=C/CCCC(=O)OC(COC(=O)CCCC/C=C/C/C=C/CC)CO[C@@H]1O[C@H](CO)[C@H](O)C(O)C1O. The van der Waals surface area contributed by atoms with Crippen LogP contribution < -0.4 is 0 Å². The van der Waals surface area contributed by atoms with Crippen molar-refractivity contribution in [1.29, 1.82) is 0 Å². The van der Waals surface area contributed by atoms with Gasteiger partial charge in [0.2, 0.25) is 0 Å². The number of esters is 2. The maximum Gasteiger partial charge on any atom is 0.306 e. The molecule has 3 unspecified atom stereocenters. The number of ether oxygens (including phenoxy) is 4. The number of hydrogen-bond acceptors (Lipinski definition) is 10. The van der Waals surface area contributed by atoms with Gasteiger partial charge in [0.15, 0.2) is 12.4 Å². The summed E-state index contributed by atoms with van der Waals surface area (Å²) in [6.45, 7) is 2.97. The van der Waals surface area contributed by atoms with Gasteiger partial charge < -0.3 is 39.4 Å². The number of carbonyl (C=O) groups is 2. The van der Waals surface area contributed by atoms with Crippen molar-refractivity contribution in [3.8, 4) is 0 Å². The fourth-order valence-electron chi connectivity index (χ4n) is 4.25. The number of rotatable bonds is 24. The molecule has 0 bridgehead atoms. The third-order valence-electron chi connectivity index (χ3n) is 6.90. The highest BCUT2D eigenvalue weighted by atomic mass is 16.7. The molecule has 0 aliphatic carbocycles. The Balaban J connectivity index is 2.56. The predicted octanol–water partition coefficient (Wildman–Crippen LogP) is 5.09. The highest BCUT2D eigenvalue weighted by molar-refractivity contribution is 5.70. The molecule has 1 heterocycles. The second-order valence-electron chi connectivity index (χ2n) is 11.0. The Bertz CT molecular complexity index is 1040. The monoisotopic (exact) mass is 660 g/mol. The molecule has 0 aromatic carbocycles. The lowest BCUT2D eigenvalue weighted by molar-refractivity contribution is -0.305. The quantitative estimate of drug-likeness (QED) is 0.0477. The van der Waals surface area contributed by atoms with E-state index in [9.17, 15) is 30.0 Å². The van der Waals surface area contributed by atoms with Gasteiger partial charge in [0.05, 0.1) is 13.2 Å². The standard InChI is InChI=1S/C37H56O10/c1-3-5-7-9-11-13-14-15-16-18-20-22-24-26-33(40)46-30(29-45-37-36(43)35(42)34(41)31(27-38)47-37)28-44-32(39)25-23-21-19-17-12-10-8-6-4-2/h5-9,11-18,20,30-31,34-38,41-43H,3-4,10,19,21-29H2,1-2H3/b7-5+,8-6+,11-9+,14-13+,16-15+,17-12+,20-18+/t30?,31-,34+,35?,36?,37-/m1/s1. The zero-order valence-electron chi connectivity index (χ0n) is 28.0. The minimum atomic E-state index is -1.61. The largest absolute Gasteiger partial charge is 0.462 e. The first-order chi connectivity index (χ1) is 22.8. The van der Waals surface area contributed by atoms with E-state index in [2.05, 4.69) is 44.2 Å². The van der Waals surface area contributed by atoms with E-state index in [1.807, 2.05) is 54.7 Å². The molecule has 1 fully saturated rings. The number of carbonyl (C=O) groups excluding carboxylic acids is 2. The van der Waals surface area contributed by atoms with E-state index >= 15 is 0 Å². The fraction of sp³-hybridized carbons (Fsp3) is 0.568. The lowest BCUT2D eigenvalue weighted by Gasteiger charge is -2.39. The Morgan fingerprint density at radius 2 is 1.30 bits per heavy atom. The van der Waals surface area contributed by atoms with Gasteiger partial charge in [0.1, 0.15) is 31.0 Å². The van der Waals surface area contributed by atoms with E-state index in [0.717, 1.165) is 32.1 Å². The van der Waals surface area contributed by atoms with Gasteiger partial charge >= 0.3 is 11.9 Å². The van der Waals surface area contributed by atoms with E-state index in [1.54, 1.807) is 0 Å². The number of allylic oxidation sites excluding steroid dienone is 14. The van der Waals surface area contributed by atoms with E-state index in [-0.39, 0.29) is 26.1 Å². The van der Waals surface area contributed by atoms with Crippen LogP contribution in [0.15, 0.2) is 85.1 Å². The van der Waals surface area contributed by atoms with Gasteiger partial charge in [-0.1, -0.05) is 98.9 Å². The maximum absolute atomic E-state index is 12.6. The number of unbranched alkanes of at least 4 members (excludes halogenated alkanes) is 3. The summed E-state index contributed by atoms with van der Waals surface area (Å²) in [6, 6.07) is 0. The summed E-state index contributed by atoms with van der Waals surface area (Å²) in [6.07, 6.45) is 26.3. The molecule has 0 radical (unpaired) electrons. The number of aliphatic hydroxyl groups is 4. The van der Waals surface area contributed by atoms with Crippen LogP contribution in [0, 0.1) is 0 Å². The zero-order chi connectivity index (χ0) is 34.5. The molecule has 0 spiro atoms. The van der Waals surface area contributed by atoms with Crippen LogP contribution in [0.3, 0.4) is 0 Å². The van der Waals surface area contributed by atoms with Crippen molar-refractivity contribution >= 4 is 11.9 Å². The average Bonchev–Trinajstić information content (AvgIpc) is 3.06. The molecule has 4 N–H and O–H groups in total. The van der Waals surface area contributed by atoms with E-state index in [0.29, 0.717) is 19.3 Å². The molecule has 6 atom stereocenters. The van der Waals surface area contributed by atoms with Crippen LogP contribution in [0.4, 0.5) is 0 Å². The Morgan fingerprint density at radius 1 is 0.681 bits per heavy atom. The topological polar surface area (TPSA) is 152 Å². The molecule has 0 aromatic rings. The predicted molar refractivity (Wildman–Crippen MR) is 182 cm³/mol. The minimum absolute atomic E-state index is 0.121. The third kappa shape index (κ3) is 20.7. The van der Waals surface area contributed by atoms with Crippen molar-refractivity contribution in [2.24, 2.45) is 0 Å². The average molecular weight is 661 g/mol. The third-order valence-corrected chi connectivity index (χ3v) is 6.90. The van der Waals surface area contributed by atoms with Crippen molar-refractivity contribution in [2.45, 2.75) is 115 Å². The Hall–Kier alpha value is -3.12. The number of aliphatic hydroxyl groups excluding tert-OH is 4. The van der Waals surface area contributed by atoms with E-state index in [1.165, 1.54) is 0 Å². The molecule has 264 valence electrons. The van der Waals surface area contributed by atoms with Gasteiger partial charge in [-0.3, -0.25) is 9.59 Å². The summed E-state index contributed by atoms with van der Waals surface area (Å²) in [5.74, 6) is -0.953. The lowest BCUT2D eigenvalue weighted by atomic mass is 9.99. The van der Waals surface area contributed by atoms with Crippen molar-refractivity contribution in [1.82, 2.24) is 0 Å². The summed E-state index contributed by atoms with van der Waals surface area (Å²) in [4.78, 5) is 25.0. The van der Waals surface area contributed by atoms with Crippen molar-refractivity contribution in [2.75, 3.05) is 19.8 Å². The van der Waals surface area contributed by atoms with Crippen molar-refractivity contribution in [3.63, 3.8) is 0 Å². The minimum Gasteiger partial charge on any atom is -0.462 e. The molecule has 0 amide bonds. The van der Waals surface area contributed by atoms with Crippen molar-refractivity contribution in [3.05, 3.63) is 85.1 Å². The van der Waals surface area contributed by atoms with Crippen LogP contribution in [-0.2, 0) is 28.5 Å². The molecule has 1 rings (SSSR count). The lowest BCUT2D eigenvalue weighted by Crippen LogP contribution is -2.59. The summed E-state index contributed by atoms with van der Waals surface area (Å²) >= 11 is 0. The van der Waals surface area contributed by atoms with E-state index in [4.69, 9.17) is 18.9 Å². The Morgan fingerprint density at radius 3 is 1.98 bits per heavy atom. The van der Waals surface area contributed by atoms with Crippen molar-refractivity contribution < 1.29 is 49.0 Å². The van der Waals surface area contributed by atoms with Gasteiger partial charge in [-0.05, 0) is 51.4 Å². The summed E-state index contributed by atoms with van der Waals surface area (Å²) in [5, 5.41) is 39.7. The molecule has 0 aromatic heterocycles. The number of hydrogen-bond donors (Lipinski definition) is 4. The second kappa shape index (κ2) is 27.9. The van der Waals surface area contributed by atoms with Gasteiger partial charge in [-0.25, -0.2) is 0 Å². The van der Waals surface area contributed by atoms with Gasteiger partial charge in [-0.2, -0.15) is 0 Å². The second-order valence-corrected chi connectivity index (χ2v) is 11.0. The normalized spacial score (nSPS) is 23.1. The Kier molecular flexibility index (Phi) is 24.9. The molecule has 10 heteroatoms. The summed E-state index contributed by atoms with van der Waals surface area (Å²) in [5.41, 5.74) is 0. The molecular formula is C37H56O10. The molecule has 1 aliphatic rings. The van der Waals surface area contributed by atoms with Crippen LogP contribution in [0.5, 0.6) is 0 Å². The maximum atomic E-state index is 12.6. The molecule has 1 saturated heterocycles. The van der Waals surface area contributed by atoms with Gasteiger partial charge in [0, 0.05) is 12.8 Å². The van der Waals surface area contributed by atoms with Gasteiger partial charge in [-0.15, -0.1) is 0 Å². The van der Waals surface area contributed by atoms with Crippen LogP contribution in [0.1, 0.15) is 78.1 Å².